The van der Waals surface area contributed by atoms with Gasteiger partial charge >= 0.3 is 0 Å². The predicted molar refractivity (Wildman–Crippen MR) is 135 cm³/mol. The third kappa shape index (κ3) is 7.96. The van der Waals surface area contributed by atoms with Gasteiger partial charge in [-0.1, -0.05) is 46.8 Å². The third-order valence-corrected chi connectivity index (χ3v) is 5.32. The minimum atomic E-state index is -0.0614. The van der Waals surface area contributed by atoms with Gasteiger partial charge in [-0.25, -0.2) is 0 Å². The predicted octanol–water partition coefficient (Wildman–Crippen LogP) is 3.79. The van der Waals surface area contributed by atoms with Crippen LogP contribution in [0.4, 0.5) is 0 Å². The molecule has 2 N–H and O–H groups in total. The van der Waals surface area contributed by atoms with E-state index in [9.17, 15) is 4.79 Å². The first-order valence-electron chi connectivity index (χ1n) is 10.7. The maximum atomic E-state index is 11.9. The van der Waals surface area contributed by atoms with E-state index in [0.717, 1.165) is 44.4 Å². The van der Waals surface area contributed by atoms with Crippen molar-refractivity contribution in [1.82, 2.24) is 15.5 Å². The van der Waals surface area contributed by atoms with Gasteiger partial charge in [-0.05, 0) is 30.0 Å². The molecule has 1 aliphatic heterocycles. The minimum Gasteiger partial charge on any atom is -0.493 e. The first-order chi connectivity index (χ1) is 13.7. The molecule has 7 heteroatoms. The number of carbonyl (C=O) groups excluding carboxylic acids is 1. The molecule has 1 atom stereocenters. The zero-order chi connectivity index (χ0) is 21.4. The highest BCUT2D eigenvalue weighted by molar-refractivity contribution is 14.0. The summed E-state index contributed by atoms with van der Waals surface area (Å²) in [7, 11) is 1.78. The number of hydrogen-bond donors (Lipinski definition) is 2. The fraction of sp³-hybridized carbons (Fsp3) is 0.652. The molecule has 1 unspecified atom stereocenters. The van der Waals surface area contributed by atoms with Crippen molar-refractivity contribution in [3.63, 3.8) is 0 Å². The van der Waals surface area contributed by atoms with Crippen molar-refractivity contribution in [1.29, 1.82) is 0 Å². The van der Waals surface area contributed by atoms with Crippen LogP contribution in [0, 0.1) is 5.92 Å². The Balaban J connectivity index is 0.00000450. The van der Waals surface area contributed by atoms with Gasteiger partial charge in [0, 0.05) is 44.6 Å². The van der Waals surface area contributed by atoms with E-state index in [4.69, 9.17) is 4.74 Å². The SMILES string of the molecule is CCC(=O)N1CCC(NC(=NC)NCC(C)(C)c2ccc(OCC(C)C)cc2)C1.I. The molecule has 1 aromatic carbocycles. The van der Waals surface area contributed by atoms with Gasteiger partial charge in [0.25, 0.3) is 0 Å². The number of ether oxygens (including phenoxy) is 1. The summed E-state index contributed by atoms with van der Waals surface area (Å²) in [4.78, 5) is 18.2. The maximum absolute atomic E-state index is 11.9. The molecule has 0 radical (unpaired) electrons. The topological polar surface area (TPSA) is 66.0 Å². The molecule has 0 saturated carbocycles. The van der Waals surface area contributed by atoms with Gasteiger partial charge in [0.2, 0.25) is 5.91 Å². The summed E-state index contributed by atoms with van der Waals surface area (Å²) in [5.41, 5.74) is 1.19. The second-order valence-corrected chi connectivity index (χ2v) is 8.86. The molecule has 1 heterocycles. The van der Waals surface area contributed by atoms with Crippen LogP contribution in [0.15, 0.2) is 29.3 Å². The Bertz CT molecular complexity index is 689. The largest absolute Gasteiger partial charge is 0.493 e. The van der Waals surface area contributed by atoms with E-state index < -0.39 is 0 Å². The van der Waals surface area contributed by atoms with Gasteiger partial charge < -0.3 is 20.3 Å². The Morgan fingerprint density at radius 3 is 2.53 bits per heavy atom. The normalized spacial score (nSPS) is 17.0. The standard InChI is InChI=1S/C23H38N4O2.HI/c1-7-21(28)27-13-12-19(14-27)26-22(24-6)25-16-23(4,5)18-8-10-20(11-9-18)29-15-17(2)3;/h8-11,17,19H,7,12-16H2,1-6H3,(H2,24,25,26);1H. The number of guanidine groups is 1. The van der Waals surface area contributed by atoms with Crippen molar-refractivity contribution < 1.29 is 9.53 Å². The number of benzene rings is 1. The van der Waals surface area contributed by atoms with Gasteiger partial charge in [-0.2, -0.15) is 0 Å². The zero-order valence-electron chi connectivity index (χ0n) is 19.3. The van der Waals surface area contributed by atoms with Crippen LogP contribution in [0.5, 0.6) is 5.75 Å². The van der Waals surface area contributed by atoms with Crippen molar-refractivity contribution in [2.24, 2.45) is 10.9 Å². The summed E-state index contributed by atoms with van der Waals surface area (Å²) < 4.78 is 5.79. The van der Waals surface area contributed by atoms with Gasteiger partial charge in [0.05, 0.1) is 6.61 Å². The van der Waals surface area contributed by atoms with E-state index >= 15 is 0 Å². The summed E-state index contributed by atoms with van der Waals surface area (Å²) in [5, 5.41) is 6.91. The summed E-state index contributed by atoms with van der Waals surface area (Å²) in [6.07, 6.45) is 1.52. The van der Waals surface area contributed by atoms with Crippen LogP contribution in [-0.4, -0.2) is 56.1 Å². The quantitative estimate of drug-likeness (QED) is 0.305. The Labute approximate surface area is 199 Å². The van der Waals surface area contributed by atoms with E-state index in [1.54, 1.807) is 7.05 Å². The van der Waals surface area contributed by atoms with E-state index in [1.165, 1.54) is 5.56 Å². The highest BCUT2D eigenvalue weighted by atomic mass is 127. The van der Waals surface area contributed by atoms with Gasteiger partial charge in [0.15, 0.2) is 5.96 Å². The number of halogens is 1. The lowest BCUT2D eigenvalue weighted by Gasteiger charge is -2.28. The molecule has 6 nitrogen and oxygen atoms in total. The number of aliphatic imine (C=N–C) groups is 1. The van der Waals surface area contributed by atoms with Gasteiger partial charge in [-0.3, -0.25) is 9.79 Å². The molecular weight excluding hydrogens is 491 g/mol. The molecule has 0 aromatic heterocycles. The Morgan fingerprint density at radius 2 is 1.97 bits per heavy atom. The van der Waals surface area contributed by atoms with Crippen LogP contribution in [0.1, 0.15) is 53.0 Å². The molecule has 1 amide bonds. The minimum absolute atomic E-state index is 0. The number of nitrogens with zero attached hydrogens (tertiary/aromatic N) is 2. The van der Waals surface area contributed by atoms with Crippen molar-refractivity contribution in [2.45, 2.75) is 58.9 Å². The van der Waals surface area contributed by atoms with Crippen LogP contribution in [-0.2, 0) is 10.2 Å². The van der Waals surface area contributed by atoms with Gasteiger partial charge in [0.1, 0.15) is 5.75 Å². The average Bonchev–Trinajstić information content (AvgIpc) is 3.17. The molecule has 170 valence electrons. The number of likely N-dealkylation sites (tertiary alicyclic amines) is 1. The van der Waals surface area contributed by atoms with Crippen molar-refractivity contribution in [3.8, 4) is 5.75 Å². The van der Waals surface area contributed by atoms with Crippen molar-refractivity contribution in [2.75, 3.05) is 33.3 Å². The number of amides is 1. The van der Waals surface area contributed by atoms with Crippen LogP contribution < -0.4 is 15.4 Å². The molecular formula is C23H39IN4O2. The van der Waals surface area contributed by atoms with E-state index in [1.807, 2.05) is 24.0 Å². The maximum Gasteiger partial charge on any atom is 0.222 e. The third-order valence-electron chi connectivity index (χ3n) is 5.32. The fourth-order valence-electron chi connectivity index (χ4n) is 3.39. The molecule has 0 aliphatic carbocycles. The Kier molecular flexibility index (Phi) is 10.9. The summed E-state index contributed by atoms with van der Waals surface area (Å²) in [6, 6.07) is 8.61. The molecule has 1 fully saturated rings. The number of nitrogens with one attached hydrogen (secondary N) is 2. The molecule has 0 bridgehead atoms. The van der Waals surface area contributed by atoms with Crippen molar-refractivity contribution >= 4 is 35.8 Å². The van der Waals surface area contributed by atoms with Crippen molar-refractivity contribution in [3.05, 3.63) is 29.8 Å². The highest BCUT2D eigenvalue weighted by Gasteiger charge is 2.26. The van der Waals surface area contributed by atoms with Gasteiger partial charge in [-0.15, -0.1) is 24.0 Å². The smallest absolute Gasteiger partial charge is 0.222 e. The molecule has 1 aromatic rings. The summed E-state index contributed by atoms with van der Waals surface area (Å²) in [5.74, 6) is 2.43. The number of hydrogen-bond acceptors (Lipinski definition) is 3. The van der Waals surface area contributed by atoms with E-state index in [2.05, 4.69) is 55.5 Å². The van der Waals surface area contributed by atoms with Crippen LogP contribution >= 0.6 is 24.0 Å². The second-order valence-electron chi connectivity index (χ2n) is 8.86. The lowest BCUT2D eigenvalue weighted by molar-refractivity contribution is -0.129. The van der Waals surface area contributed by atoms with E-state index in [-0.39, 0.29) is 41.3 Å². The Morgan fingerprint density at radius 1 is 1.30 bits per heavy atom. The van der Waals surface area contributed by atoms with Crippen LogP contribution in [0.2, 0.25) is 0 Å². The average molecular weight is 530 g/mol. The molecule has 30 heavy (non-hydrogen) atoms. The summed E-state index contributed by atoms with van der Waals surface area (Å²) in [6.45, 7) is 13.7. The lowest BCUT2D eigenvalue weighted by atomic mass is 9.84. The lowest BCUT2D eigenvalue weighted by Crippen LogP contribution is -2.48. The first-order valence-corrected chi connectivity index (χ1v) is 10.7. The second kappa shape index (κ2) is 12.4. The van der Waals surface area contributed by atoms with Crippen LogP contribution in [0.3, 0.4) is 0 Å². The number of rotatable bonds is 8. The molecule has 0 spiro atoms. The molecule has 1 saturated heterocycles. The zero-order valence-corrected chi connectivity index (χ0v) is 21.7. The van der Waals surface area contributed by atoms with Crippen LogP contribution in [0.25, 0.3) is 0 Å². The fourth-order valence-corrected chi connectivity index (χ4v) is 3.39. The molecule has 1 aliphatic rings. The first kappa shape index (κ1) is 26.5. The summed E-state index contributed by atoms with van der Waals surface area (Å²) >= 11 is 0. The van der Waals surface area contributed by atoms with E-state index in [0.29, 0.717) is 12.3 Å². The number of carbonyl (C=O) groups is 1. The molecule has 2 rings (SSSR count). The monoisotopic (exact) mass is 530 g/mol. The Hall–Kier alpha value is -1.51. The highest BCUT2D eigenvalue weighted by Crippen LogP contribution is 2.25.